The van der Waals surface area contributed by atoms with E-state index >= 15 is 0 Å². The lowest BCUT2D eigenvalue weighted by atomic mass is 10.2. The van der Waals surface area contributed by atoms with Gasteiger partial charge in [-0.3, -0.25) is 0 Å². The Morgan fingerprint density at radius 2 is 2.12 bits per heavy atom. The lowest BCUT2D eigenvalue weighted by Crippen LogP contribution is -2.26. The number of nitrogens with one attached hydrogen (secondary N) is 1. The fourth-order valence-electron chi connectivity index (χ4n) is 2.16. The molecule has 1 aliphatic heterocycles. The number of hydrogen-bond donors (Lipinski definition) is 1. The van der Waals surface area contributed by atoms with Crippen LogP contribution in [0.3, 0.4) is 0 Å². The molecule has 88 valence electrons. The zero-order chi connectivity index (χ0) is 11.4. The van der Waals surface area contributed by atoms with Crippen molar-refractivity contribution in [3.05, 3.63) is 30.1 Å². The van der Waals surface area contributed by atoms with Crippen LogP contribution in [-0.2, 0) is 0 Å². The first-order valence-corrected chi connectivity index (χ1v) is 5.96. The summed E-state index contributed by atoms with van der Waals surface area (Å²) in [7, 11) is 0. The predicted octanol–water partition coefficient (Wildman–Crippen LogP) is 2.58. The second kappa shape index (κ2) is 5.30. The maximum absolute atomic E-state index is 12.7. The summed E-state index contributed by atoms with van der Waals surface area (Å²) in [4.78, 5) is 2.47. The number of halogens is 1. The third-order valence-corrected chi connectivity index (χ3v) is 3.11. The van der Waals surface area contributed by atoms with Crippen molar-refractivity contribution in [2.24, 2.45) is 5.92 Å². The molecule has 2 nitrogen and oxygen atoms in total. The molecule has 1 aromatic rings. The molecule has 1 saturated heterocycles. The van der Waals surface area contributed by atoms with Gasteiger partial charge in [-0.05, 0) is 43.1 Å². The van der Waals surface area contributed by atoms with E-state index in [1.807, 2.05) is 0 Å². The molecule has 0 radical (unpaired) electrons. The van der Waals surface area contributed by atoms with Gasteiger partial charge in [0.2, 0.25) is 0 Å². The Hall–Kier alpha value is -1.09. The summed E-state index contributed by atoms with van der Waals surface area (Å²) in [5.41, 5.74) is 0.994. The molecule has 0 aliphatic carbocycles. The fraction of sp³-hybridized carbons (Fsp3) is 0.538. The molecule has 0 saturated carbocycles. The molecule has 2 rings (SSSR count). The van der Waals surface area contributed by atoms with Crippen LogP contribution >= 0.6 is 0 Å². The van der Waals surface area contributed by atoms with Gasteiger partial charge in [0.05, 0.1) is 0 Å². The van der Waals surface area contributed by atoms with Gasteiger partial charge in [-0.25, -0.2) is 4.39 Å². The number of anilines is 1. The second-order valence-corrected chi connectivity index (χ2v) is 4.63. The maximum Gasteiger partial charge on any atom is 0.123 e. The Morgan fingerprint density at radius 3 is 2.75 bits per heavy atom. The minimum absolute atomic E-state index is 0.182. The number of hydrogen-bond acceptors (Lipinski definition) is 2. The summed E-state index contributed by atoms with van der Waals surface area (Å²) in [6.45, 7) is 6.73. The molecule has 1 heterocycles. The first kappa shape index (κ1) is 11.4. The Morgan fingerprint density at radius 1 is 1.38 bits per heavy atom. The van der Waals surface area contributed by atoms with Gasteiger partial charge in [-0.2, -0.15) is 0 Å². The molecular weight excluding hydrogens is 203 g/mol. The molecule has 0 bridgehead atoms. The predicted molar refractivity (Wildman–Crippen MR) is 65.1 cm³/mol. The molecule has 16 heavy (non-hydrogen) atoms. The average Bonchev–Trinajstić information content (AvgIpc) is 2.67. The average molecular weight is 222 g/mol. The molecule has 1 unspecified atom stereocenters. The van der Waals surface area contributed by atoms with Crippen molar-refractivity contribution in [2.45, 2.75) is 13.3 Å². The van der Waals surface area contributed by atoms with Crippen molar-refractivity contribution in [3.8, 4) is 0 Å². The molecule has 0 spiro atoms. The minimum Gasteiger partial charge on any atom is -0.384 e. The highest BCUT2D eigenvalue weighted by Gasteiger charge is 2.17. The summed E-state index contributed by atoms with van der Waals surface area (Å²) >= 11 is 0. The van der Waals surface area contributed by atoms with Crippen molar-refractivity contribution in [1.82, 2.24) is 4.90 Å². The van der Waals surface area contributed by atoms with Crippen molar-refractivity contribution in [3.63, 3.8) is 0 Å². The highest BCUT2D eigenvalue weighted by atomic mass is 19.1. The SMILES string of the molecule is CC1CCN(CCNc2ccc(F)cc2)C1. The quantitative estimate of drug-likeness (QED) is 0.842. The zero-order valence-corrected chi connectivity index (χ0v) is 9.75. The van der Waals surface area contributed by atoms with Gasteiger partial charge in [0.25, 0.3) is 0 Å². The van der Waals surface area contributed by atoms with Crippen molar-refractivity contribution in [1.29, 1.82) is 0 Å². The third-order valence-electron chi connectivity index (χ3n) is 3.11. The van der Waals surface area contributed by atoms with Crippen LogP contribution in [0.2, 0.25) is 0 Å². The van der Waals surface area contributed by atoms with Crippen LogP contribution in [-0.4, -0.2) is 31.1 Å². The largest absolute Gasteiger partial charge is 0.384 e. The molecule has 1 aromatic carbocycles. The Bertz CT molecular complexity index is 323. The van der Waals surface area contributed by atoms with Gasteiger partial charge in [0, 0.05) is 25.3 Å². The molecule has 1 fully saturated rings. The zero-order valence-electron chi connectivity index (χ0n) is 9.75. The Kier molecular flexibility index (Phi) is 3.78. The van der Waals surface area contributed by atoms with Crippen molar-refractivity contribution < 1.29 is 4.39 Å². The van der Waals surface area contributed by atoms with Crippen LogP contribution in [0.25, 0.3) is 0 Å². The Labute approximate surface area is 96.5 Å². The van der Waals surface area contributed by atoms with Crippen LogP contribution in [0.1, 0.15) is 13.3 Å². The number of rotatable bonds is 4. The van der Waals surface area contributed by atoms with Crippen LogP contribution in [0.5, 0.6) is 0 Å². The molecule has 1 aliphatic rings. The Balaban J connectivity index is 1.70. The topological polar surface area (TPSA) is 15.3 Å². The van der Waals surface area contributed by atoms with Crippen molar-refractivity contribution in [2.75, 3.05) is 31.5 Å². The van der Waals surface area contributed by atoms with Gasteiger partial charge < -0.3 is 10.2 Å². The first-order valence-electron chi connectivity index (χ1n) is 5.96. The van der Waals surface area contributed by atoms with Crippen LogP contribution in [0, 0.1) is 11.7 Å². The number of nitrogens with zero attached hydrogens (tertiary/aromatic N) is 1. The van der Waals surface area contributed by atoms with Crippen LogP contribution in [0.4, 0.5) is 10.1 Å². The summed E-state index contributed by atoms with van der Waals surface area (Å²) in [5, 5.41) is 3.31. The van der Waals surface area contributed by atoms with Gasteiger partial charge in [0.15, 0.2) is 0 Å². The molecule has 0 amide bonds. The molecule has 1 N–H and O–H groups in total. The van der Waals surface area contributed by atoms with Crippen LogP contribution in [0.15, 0.2) is 24.3 Å². The third kappa shape index (κ3) is 3.20. The number of likely N-dealkylation sites (tertiary alicyclic amines) is 1. The summed E-state index contributed by atoms with van der Waals surface area (Å²) in [6, 6.07) is 6.53. The van der Waals surface area contributed by atoms with Crippen LogP contribution < -0.4 is 5.32 Å². The summed E-state index contributed by atoms with van der Waals surface area (Å²) < 4.78 is 12.7. The fourth-order valence-corrected chi connectivity index (χ4v) is 2.16. The van der Waals surface area contributed by atoms with E-state index < -0.39 is 0 Å². The summed E-state index contributed by atoms with van der Waals surface area (Å²) in [5.74, 6) is 0.657. The minimum atomic E-state index is -0.182. The van der Waals surface area contributed by atoms with Gasteiger partial charge in [-0.1, -0.05) is 6.92 Å². The lowest BCUT2D eigenvalue weighted by molar-refractivity contribution is 0.341. The monoisotopic (exact) mass is 222 g/mol. The van der Waals surface area contributed by atoms with E-state index in [0.717, 1.165) is 24.7 Å². The standard InChI is InChI=1S/C13H19FN2/c1-11-6-8-16(10-11)9-7-15-13-4-2-12(14)3-5-13/h2-5,11,15H,6-10H2,1H3. The summed E-state index contributed by atoms with van der Waals surface area (Å²) in [6.07, 6.45) is 1.32. The smallest absolute Gasteiger partial charge is 0.123 e. The van der Waals surface area contributed by atoms with E-state index in [1.54, 1.807) is 12.1 Å². The van der Waals surface area contributed by atoms with E-state index in [2.05, 4.69) is 17.1 Å². The maximum atomic E-state index is 12.7. The van der Waals surface area contributed by atoms with Gasteiger partial charge in [-0.15, -0.1) is 0 Å². The highest BCUT2D eigenvalue weighted by molar-refractivity contribution is 5.42. The molecule has 3 heteroatoms. The van der Waals surface area contributed by atoms with E-state index in [1.165, 1.54) is 31.6 Å². The first-order chi connectivity index (χ1) is 7.74. The van der Waals surface area contributed by atoms with Gasteiger partial charge in [0.1, 0.15) is 5.82 Å². The second-order valence-electron chi connectivity index (χ2n) is 4.63. The van der Waals surface area contributed by atoms with E-state index in [4.69, 9.17) is 0 Å². The van der Waals surface area contributed by atoms with E-state index in [-0.39, 0.29) is 5.82 Å². The highest BCUT2D eigenvalue weighted by Crippen LogP contribution is 2.14. The van der Waals surface area contributed by atoms with E-state index in [9.17, 15) is 4.39 Å². The molecular formula is C13H19FN2. The van der Waals surface area contributed by atoms with Gasteiger partial charge >= 0.3 is 0 Å². The van der Waals surface area contributed by atoms with E-state index in [0.29, 0.717) is 0 Å². The lowest BCUT2D eigenvalue weighted by Gasteiger charge is -2.15. The molecule has 1 atom stereocenters. The number of benzene rings is 1. The van der Waals surface area contributed by atoms with Crippen molar-refractivity contribution >= 4 is 5.69 Å². The normalized spacial score (nSPS) is 21.2. The molecule has 0 aromatic heterocycles.